The fraction of sp³-hybridized carbons (Fsp3) is 0.385. The highest BCUT2D eigenvalue weighted by Gasteiger charge is 2.32. The van der Waals surface area contributed by atoms with E-state index in [2.05, 4.69) is 15.9 Å². The predicted molar refractivity (Wildman–Crippen MR) is 77.7 cm³/mol. The number of hydrogen-bond donors (Lipinski definition) is 0. The zero-order chi connectivity index (χ0) is 14.0. The maximum absolute atomic E-state index is 14.0. The molecule has 0 radical (unpaired) electrons. The minimum Gasteiger partial charge on any atom is -0.309 e. The molecule has 0 aromatic heterocycles. The minimum absolute atomic E-state index is 0.0412. The van der Waals surface area contributed by atoms with E-state index in [1.165, 1.54) is 23.6 Å². The maximum Gasteiger partial charge on any atom is 0.227 e. The lowest BCUT2D eigenvalue weighted by Crippen LogP contribution is -2.25. The van der Waals surface area contributed by atoms with Crippen LogP contribution < -0.4 is 4.90 Å². The summed E-state index contributed by atoms with van der Waals surface area (Å²) in [6.45, 7) is 1.97. The molecule has 0 spiro atoms. The van der Waals surface area contributed by atoms with Gasteiger partial charge in [0.05, 0.1) is 10.2 Å². The molecule has 0 N–H and O–H groups in total. The molecule has 1 saturated heterocycles. The minimum atomic E-state index is -0.421. The van der Waals surface area contributed by atoms with Crippen LogP contribution in [0.5, 0.6) is 0 Å². The molecular weight excluding hydrogens is 333 g/mol. The Hall–Kier alpha value is -0.880. The molecule has 2 rings (SSSR count). The van der Waals surface area contributed by atoms with Gasteiger partial charge in [0.15, 0.2) is 10.9 Å². The van der Waals surface area contributed by atoms with Crippen molar-refractivity contribution < 1.29 is 14.0 Å². The summed E-state index contributed by atoms with van der Waals surface area (Å²) in [4.78, 5) is 24.3. The highest BCUT2D eigenvalue weighted by molar-refractivity contribution is 9.10. The second kappa shape index (κ2) is 6.05. The van der Waals surface area contributed by atoms with Gasteiger partial charge < -0.3 is 4.90 Å². The van der Waals surface area contributed by atoms with Gasteiger partial charge in [-0.25, -0.2) is 4.39 Å². The number of anilines is 1. The third-order valence-corrected chi connectivity index (χ3v) is 4.61. The summed E-state index contributed by atoms with van der Waals surface area (Å²) >= 11 is 4.33. The summed E-state index contributed by atoms with van der Waals surface area (Å²) in [5, 5.41) is 0.0412. The quantitative estimate of drug-likeness (QED) is 0.843. The second-order valence-corrected chi connectivity index (χ2v) is 6.50. The summed E-state index contributed by atoms with van der Waals surface area (Å²) in [5.74, 6) is 0.189. The van der Waals surface area contributed by atoms with Gasteiger partial charge in [0.25, 0.3) is 0 Å². The van der Waals surface area contributed by atoms with E-state index >= 15 is 0 Å². The van der Waals surface area contributed by atoms with Gasteiger partial charge in [-0.2, -0.15) is 0 Å². The molecule has 0 saturated carbocycles. The smallest absolute Gasteiger partial charge is 0.227 e. The first-order valence-electron chi connectivity index (χ1n) is 5.86. The summed E-state index contributed by atoms with van der Waals surface area (Å²) in [6.07, 6.45) is 0.367. The first-order chi connectivity index (χ1) is 8.99. The normalized spacial score (nSPS) is 19.0. The second-order valence-electron chi connectivity index (χ2n) is 4.45. The van der Waals surface area contributed by atoms with Gasteiger partial charge >= 0.3 is 0 Å². The van der Waals surface area contributed by atoms with E-state index in [0.717, 1.165) is 0 Å². The van der Waals surface area contributed by atoms with E-state index in [1.807, 2.05) is 0 Å². The average molecular weight is 346 g/mol. The highest BCUT2D eigenvalue weighted by Crippen LogP contribution is 2.31. The molecule has 19 heavy (non-hydrogen) atoms. The van der Waals surface area contributed by atoms with Crippen molar-refractivity contribution in [3.8, 4) is 0 Å². The van der Waals surface area contributed by atoms with Gasteiger partial charge in [0.2, 0.25) is 5.91 Å². The predicted octanol–water partition coefficient (Wildman–Crippen LogP) is 3.22. The molecule has 1 aliphatic rings. The lowest BCUT2D eigenvalue weighted by Gasteiger charge is -2.17. The Balaban J connectivity index is 2.11. The molecule has 102 valence electrons. The number of thioether (sulfide) groups is 1. The fourth-order valence-corrected chi connectivity index (χ4v) is 3.11. The Kier molecular flexibility index (Phi) is 4.62. The van der Waals surface area contributed by atoms with Crippen molar-refractivity contribution in [1.29, 1.82) is 0 Å². The van der Waals surface area contributed by atoms with E-state index in [9.17, 15) is 14.0 Å². The molecule has 1 aromatic rings. The van der Waals surface area contributed by atoms with E-state index in [0.29, 0.717) is 28.9 Å². The largest absolute Gasteiger partial charge is 0.309 e. The number of hydrogen-bond acceptors (Lipinski definition) is 3. The third kappa shape index (κ3) is 3.36. The molecule has 6 heteroatoms. The molecule has 1 amide bonds. The standard InChI is InChI=1S/C13H13BrFNO2S/c1-8(17)19-7-9-5-12(18)16(6-9)11-4-2-3-10(14)13(11)15/h2-4,9H,5-7H2,1H3. The number of carbonyl (C=O) groups is 2. The molecule has 3 nitrogen and oxygen atoms in total. The first kappa shape index (κ1) is 14.5. The Labute approximate surface area is 123 Å². The number of nitrogens with zero attached hydrogens (tertiary/aromatic N) is 1. The van der Waals surface area contributed by atoms with Crippen LogP contribution in [0.15, 0.2) is 22.7 Å². The molecule has 0 aliphatic carbocycles. The van der Waals surface area contributed by atoms with Crippen molar-refractivity contribution in [2.75, 3.05) is 17.2 Å². The van der Waals surface area contributed by atoms with Gasteiger partial charge in [-0.3, -0.25) is 9.59 Å². The number of benzene rings is 1. The van der Waals surface area contributed by atoms with E-state index in [-0.39, 0.29) is 16.9 Å². The van der Waals surface area contributed by atoms with Gasteiger partial charge in [-0.05, 0) is 34.0 Å². The van der Waals surface area contributed by atoms with Crippen molar-refractivity contribution in [1.82, 2.24) is 0 Å². The fourth-order valence-electron chi connectivity index (χ4n) is 2.06. The van der Waals surface area contributed by atoms with Crippen LogP contribution >= 0.6 is 27.7 Å². The van der Waals surface area contributed by atoms with E-state index in [1.54, 1.807) is 18.2 Å². The number of amides is 1. The van der Waals surface area contributed by atoms with Crippen LogP contribution in [0, 0.1) is 11.7 Å². The average Bonchev–Trinajstić information content (AvgIpc) is 2.71. The van der Waals surface area contributed by atoms with E-state index < -0.39 is 5.82 Å². The molecule has 1 atom stereocenters. The van der Waals surface area contributed by atoms with Gasteiger partial charge in [-0.15, -0.1) is 0 Å². The molecule has 1 aromatic carbocycles. The zero-order valence-corrected chi connectivity index (χ0v) is 12.8. The maximum atomic E-state index is 14.0. The molecule has 0 bridgehead atoms. The Morgan fingerprint density at radius 3 is 3.00 bits per heavy atom. The lowest BCUT2D eigenvalue weighted by atomic mass is 10.1. The monoisotopic (exact) mass is 345 g/mol. The Bertz CT molecular complexity index is 523. The third-order valence-electron chi connectivity index (χ3n) is 2.95. The van der Waals surface area contributed by atoms with Crippen LogP contribution in [-0.4, -0.2) is 23.3 Å². The topological polar surface area (TPSA) is 37.4 Å². The molecule has 1 unspecified atom stereocenters. The summed E-state index contributed by atoms with van der Waals surface area (Å²) in [5.41, 5.74) is 0.301. The van der Waals surface area contributed by atoms with Gasteiger partial charge in [0, 0.05) is 25.6 Å². The lowest BCUT2D eigenvalue weighted by molar-refractivity contribution is -0.117. The molecule has 1 aliphatic heterocycles. The Morgan fingerprint density at radius 2 is 2.32 bits per heavy atom. The van der Waals surface area contributed by atoms with Crippen molar-refractivity contribution >= 4 is 44.4 Å². The van der Waals surface area contributed by atoms with Crippen molar-refractivity contribution in [2.24, 2.45) is 5.92 Å². The van der Waals surface area contributed by atoms with Crippen LogP contribution in [0.25, 0.3) is 0 Å². The molecular formula is C13H13BrFNO2S. The summed E-state index contributed by atoms with van der Waals surface area (Å²) < 4.78 is 14.3. The van der Waals surface area contributed by atoms with Crippen molar-refractivity contribution in [2.45, 2.75) is 13.3 Å². The first-order valence-corrected chi connectivity index (χ1v) is 7.64. The zero-order valence-electron chi connectivity index (χ0n) is 10.4. The SMILES string of the molecule is CC(=O)SCC1CC(=O)N(c2cccc(Br)c2F)C1. The van der Waals surface area contributed by atoms with Crippen LogP contribution in [-0.2, 0) is 9.59 Å². The summed E-state index contributed by atoms with van der Waals surface area (Å²) in [6, 6.07) is 4.90. The van der Waals surface area contributed by atoms with Crippen molar-refractivity contribution in [3.63, 3.8) is 0 Å². The van der Waals surface area contributed by atoms with Gasteiger partial charge in [-0.1, -0.05) is 17.8 Å². The van der Waals surface area contributed by atoms with Crippen LogP contribution in [0.4, 0.5) is 10.1 Å². The van der Waals surface area contributed by atoms with Crippen LogP contribution in [0.2, 0.25) is 0 Å². The number of halogens is 2. The highest BCUT2D eigenvalue weighted by atomic mass is 79.9. The molecule has 1 fully saturated rings. The summed E-state index contributed by atoms with van der Waals surface area (Å²) in [7, 11) is 0. The van der Waals surface area contributed by atoms with Crippen LogP contribution in [0.1, 0.15) is 13.3 Å². The molecule has 1 heterocycles. The van der Waals surface area contributed by atoms with E-state index in [4.69, 9.17) is 0 Å². The number of carbonyl (C=O) groups excluding carboxylic acids is 2. The van der Waals surface area contributed by atoms with Crippen LogP contribution in [0.3, 0.4) is 0 Å². The number of rotatable bonds is 3. The van der Waals surface area contributed by atoms with Gasteiger partial charge in [0.1, 0.15) is 0 Å². The van der Waals surface area contributed by atoms with Crippen molar-refractivity contribution in [3.05, 3.63) is 28.5 Å². The Morgan fingerprint density at radius 1 is 1.58 bits per heavy atom.